The van der Waals surface area contributed by atoms with Gasteiger partial charge >= 0.3 is 0 Å². The van der Waals surface area contributed by atoms with Gasteiger partial charge in [0.2, 0.25) is 0 Å². The first-order valence-electron chi connectivity index (χ1n) is 6.60. The topological polar surface area (TPSA) is 47.7 Å². The summed E-state index contributed by atoms with van der Waals surface area (Å²) in [6, 6.07) is 7.99. The number of hydrogen-bond donors (Lipinski definition) is 1. The van der Waals surface area contributed by atoms with Crippen LogP contribution in [0.1, 0.15) is 12.0 Å². The second-order valence-electron chi connectivity index (χ2n) is 4.50. The fourth-order valence-corrected chi connectivity index (χ4v) is 2.02. The van der Waals surface area contributed by atoms with Crippen molar-refractivity contribution in [2.75, 3.05) is 39.5 Å². The Kier molecular flexibility index (Phi) is 5.45. The second-order valence-corrected chi connectivity index (χ2v) is 4.50. The molecule has 4 nitrogen and oxygen atoms in total. The number of nitrogens with two attached hydrogens (primary N) is 1. The molecule has 1 aromatic rings. The standard InChI is InChI=1S/C14H22N2O2/c15-12-13-2-4-14(5-3-13)18-9-1-6-16-7-10-17-11-8-16/h2-5H,1,6-12,15H2. The Balaban J connectivity index is 1.62. The highest BCUT2D eigenvalue weighted by Crippen LogP contribution is 2.12. The predicted molar refractivity (Wildman–Crippen MR) is 71.7 cm³/mol. The lowest BCUT2D eigenvalue weighted by atomic mass is 10.2. The van der Waals surface area contributed by atoms with Crippen molar-refractivity contribution in [3.8, 4) is 5.75 Å². The van der Waals surface area contributed by atoms with Crippen LogP contribution in [0, 0.1) is 0 Å². The van der Waals surface area contributed by atoms with Gasteiger partial charge in [0.05, 0.1) is 19.8 Å². The van der Waals surface area contributed by atoms with Crippen LogP contribution in [0.15, 0.2) is 24.3 Å². The summed E-state index contributed by atoms with van der Waals surface area (Å²) in [5, 5.41) is 0. The van der Waals surface area contributed by atoms with Crippen molar-refractivity contribution in [2.24, 2.45) is 5.73 Å². The van der Waals surface area contributed by atoms with Gasteiger partial charge in [0.25, 0.3) is 0 Å². The highest BCUT2D eigenvalue weighted by molar-refractivity contribution is 5.26. The van der Waals surface area contributed by atoms with Crippen molar-refractivity contribution in [3.05, 3.63) is 29.8 Å². The Bertz CT molecular complexity index is 334. The molecule has 0 radical (unpaired) electrons. The zero-order valence-electron chi connectivity index (χ0n) is 10.8. The third-order valence-corrected chi connectivity index (χ3v) is 3.15. The van der Waals surface area contributed by atoms with Crippen molar-refractivity contribution in [1.29, 1.82) is 0 Å². The first-order valence-corrected chi connectivity index (χ1v) is 6.60. The fourth-order valence-electron chi connectivity index (χ4n) is 2.02. The Morgan fingerprint density at radius 2 is 1.89 bits per heavy atom. The van der Waals surface area contributed by atoms with E-state index in [2.05, 4.69) is 4.90 Å². The van der Waals surface area contributed by atoms with E-state index in [1.54, 1.807) is 0 Å². The van der Waals surface area contributed by atoms with Crippen molar-refractivity contribution in [3.63, 3.8) is 0 Å². The van der Waals surface area contributed by atoms with Gasteiger partial charge in [-0.25, -0.2) is 0 Å². The van der Waals surface area contributed by atoms with Crippen molar-refractivity contribution in [2.45, 2.75) is 13.0 Å². The van der Waals surface area contributed by atoms with E-state index in [4.69, 9.17) is 15.2 Å². The molecule has 1 saturated heterocycles. The minimum atomic E-state index is 0.581. The summed E-state index contributed by atoms with van der Waals surface area (Å²) in [7, 11) is 0. The minimum Gasteiger partial charge on any atom is -0.494 e. The molecule has 0 bridgehead atoms. The molecular formula is C14H22N2O2. The van der Waals surface area contributed by atoms with E-state index in [-0.39, 0.29) is 0 Å². The van der Waals surface area contributed by atoms with Crippen molar-refractivity contribution >= 4 is 0 Å². The molecule has 1 heterocycles. The van der Waals surface area contributed by atoms with Gasteiger partial charge in [-0.15, -0.1) is 0 Å². The van der Waals surface area contributed by atoms with Crippen LogP contribution >= 0.6 is 0 Å². The molecule has 1 aliphatic rings. The molecule has 1 aromatic carbocycles. The fraction of sp³-hybridized carbons (Fsp3) is 0.571. The Hall–Kier alpha value is -1.10. The predicted octanol–water partition coefficient (Wildman–Crippen LogP) is 1.25. The lowest BCUT2D eigenvalue weighted by Crippen LogP contribution is -2.37. The van der Waals surface area contributed by atoms with Crippen LogP contribution in [-0.4, -0.2) is 44.4 Å². The highest BCUT2D eigenvalue weighted by atomic mass is 16.5. The zero-order chi connectivity index (χ0) is 12.6. The SMILES string of the molecule is NCc1ccc(OCCCN2CCOCC2)cc1. The van der Waals surface area contributed by atoms with E-state index >= 15 is 0 Å². The average molecular weight is 250 g/mol. The van der Waals surface area contributed by atoms with Crippen LogP contribution in [0.5, 0.6) is 5.75 Å². The van der Waals surface area contributed by atoms with E-state index in [1.165, 1.54) is 0 Å². The normalized spacial score (nSPS) is 16.7. The molecule has 2 rings (SSSR count). The van der Waals surface area contributed by atoms with Gasteiger partial charge in [0.15, 0.2) is 0 Å². The Morgan fingerprint density at radius 3 is 2.56 bits per heavy atom. The molecule has 1 aliphatic heterocycles. The Morgan fingerprint density at radius 1 is 1.17 bits per heavy atom. The number of benzene rings is 1. The van der Waals surface area contributed by atoms with Crippen molar-refractivity contribution in [1.82, 2.24) is 4.90 Å². The maximum Gasteiger partial charge on any atom is 0.119 e. The third-order valence-electron chi connectivity index (χ3n) is 3.15. The van der Waals surface area contributed by atoms with E-state index < -0.39 is 0 Å². The largest absolute Gasteiger partial charge is 0.494 e. The van der Waals surface area contributed by atoms with Crippen LogP contribution in [0.25, 0.3) is 0 Å². The smallest absolute Gasteiger partial charge is 0.119 e. The summed E-state index contributed by atoms with van der Waals surface area (Å²) in [4.78, 5) is 2.42. The molecule has 2 N–H and O–H groups in total. The van der Waals surface area contributed by atoms with Gasteiger partial charge in [0, 0.05) is 26.2 Å². The maximum absolute atomic E-state index is 5.70. The van der Waals surface area contributed by atoms with Crippen LogP contribution in [0.3, 0.4) is 0 Å². The van der Waals surface area contributed by atoms with Crippen LogP contribution in [0.2, 0.25) is 0 Å². The average Bonchev–Trinajstić information content (AvgIpc) is 2.45. The lowest BCUT2D eigenvalue weighted by molar-refractivity contribution is 0.0358. The first kappa shape index (κ1) is 13.3. The third kappa shape index (κ3) is 4.29. The number of morpholine rings is 1. The van der Waals surface area contributed by atoms with Gasteiger partial charge in [-0.05, 0) is 24.1 Å². The summed E-state index contributed by atoms with van der Waals surface area (Å²) < 4.78 is 11.0. The number of ether oxygens (including phenoxy) is 2. The number of rotatable bonds is 6. The number of nitrogens with zero attached hydrogens (tertiary/aromatic N) is 1. The van der Waals surface area contributed by atoms with E-state index in [9.17, 15) is 0 Å². The number of hydrogen-bond acceptors (Lipinski definition) is 4. The van der Waals surface area contributed by atoms with E-state index in [0.29, 0.717) is 6.54 Å². The summed E-state index contributed by atoms with van der Waals surface area (Å²) in [5.41, 5.74) is 6.68. The minimum absolute atomic E-state index is 0.581. The molecule has 1 fully saturated rings. The summed E-state index contributed by atoms with van der Waals surface area (Å²) >= 11 is 0. The summed E-state index contributed by atoms with van der Waals surface area (Å²) in [6.07, 6.45) is 1.05. The molecular weight excluding hydrogens is 228 g/mol. The van der Waals surface area contributed by atoms with Crippen LogP contribution < -0.4 is 10.5 Å². The van der Waals surface area contributed by atoms with Gasteiger partial charge in [-0.1, -0.05) is 12.1 Å². The molecule has 0 atom stereocenters. The second kappa shape index (κ2) is 7.36. The quantitative estimate of drug-likeness (QED) is 0.772. The molecule has 0 aliphatic carbocycles. The monoisotopic (exact) mass is 250 g/mol. The van der Waals surface area contributed by atoms with Gasteiger partial charge in [-0.3, -0.25) is 4.90 Å². The zero-order valence-corrected chi connectivity index (χ0v) is 10.8. The van der Waals surface area contributed by atoms with Gasteiger partial charge in [-0.2, -0.15) is 0 Å². The van der Waals surface area contributed by atoms with E-state index in [1.807, 2.05) is 24.3 Å². The van der Waals surface area contributed by atoms with Crippen molar-refractivity contribution < 1.29 is 9.47 Å². The molecule has 100 valence electrons. The molecule has 18 heavy (non-hydrogen) atoms. The molecule has 0 unspecified atom stereocenters. The lowest BCUT2D eigenvalue weighted by Gasteiger charge is -2.26. The molecule has 0 aromatic heterocycles. The van der Waals surface area contributed by atoms with Gasteiger partial charge < -0.3 is 15.2 Å². The molecule has 0 spiro atoms. The summed E-state index contributed by atoms with van der Waals surface area (Å²) in [6.45, 7) is 6.25. The maximum atomic E-state index is 5.70. The first-order chi connectivity index (χ1) is 8.88. The molecule has 4 heteroatoms. The molecule has 0 saturated carbocycles. The summed E-state index contributed by atoms with van der Waals surface area (Å²) in [5.74, 6) is 0.925. The van der Waals surface area contributed by atoms with E-state index in [0.717, 1.165) is 57.2 Å². The molecule has 0 amide bonds. The highest BCUT2D eigenvalue weighted by Gasteiger charge is 2.09. The van der Waals surface area contributed by atoms with Crippen LogP contribution in [0.4, 0.5) is 0 Å². The van der Waals surface area contributed by atoms with Crippen LogP contribution in [-0.2, 0) is 11.3 Å². The Labute approximate surface area is 109 Å². The van der Waals surface area contributed by atoms with Gasteiger partial charge in [0.1, 0.15) is 5.75 Å².